The highest BCUT2D eigenvalue weighted by Gasteiger charge is 2.25. The first-order valence-electron chi connectivity index (χ1n) is 7.52. The Morgan fingerprint density at radius 1 is 0.913 bits per heavy atom. The molecular formula is C19H15ClN2O. The smallest absolute Gasteiger partial charge is 0.260 e. The van der Waals surface area contributed by atoms with Crippen molar-refractivity contribution in [2.45, 2.75) is 13.1 Å². The van der Waals surface area contributed by atoms with Crippen LogP contribution in [-0.4, -0.2) is 10.5 Å². The largest absolute Gasteiger partial charge is 0.345 e. The fourth-order valence-electron chi connectivity index (χ4n) is 3.05. The van der Waals surface area contributed by atoms with Gasteiger partial charge in [0.25, 0.3) is 5.91 Å². The van der Waals surface area contributed by atoms with Crippen LogP contribution in [0.25, 0.3) is 0 Å². The van der Waals surface area contributed by atoms with Crippen LogP contribution in [0.1, 0.15) is 21.6 Å². The number of aromatic nitrogens is 1. The number of carbonyl (C=O) groups excluding carboxylic acids is 1. The lowest BCUT2D eigenvalue weighted by molar-refractivity contribution is 0.0985. The molecule has 0 spiro atoms. The number of hydrogen-bond acceptors (Lipinski definition) is 1. The maximum atomic E-state index is 13.1. The molecule has 0 unspecified atom stereocenters. The Morgan fingerprint density at radius 2 is 1.70 bits per heavy atom. The zero-order valence-electron chi connectivity index (χ0n) is 12.4. The number of rotatable bonds is 1. The maximum absolute atomic E-state index is 13.1. The van der Waals surface area contributed by atoms with E-state index >= 15 is 0 Å². The molecule has 2 heterocycles. The Labute approximate surface area is 139 Å². The van der Waals surface area contributed by atoms with Crippen LogP contribution in [0, 0.1) is 0 Å². The molecule has 0 saturated carbocycles. The van der Waals surface area contributed by atoms with Crippen molar-refractivity contribution in [3.8, 4) is 0 Å². The van der Waals surface area contributed by atoms with E-state index in [4.69, 9.17) is 11.6 Å². The van der Waals surface area contributed by atoms with Gasteiger partial charge in [-0.25, -0.2) is 0 Å². The Morgan fingerprint density at radius 3 is 2.57 bits per heavy atom. The normalized spacial score (nSPS) is 13.2. The van der Waals surface area contributed by atoms with Gasteiger partial charge in [-0.3, -0.25) is 4.79 Å². The summed E-state index contributed by atoms with van der Waals surface area (Å²) in [6.07, 6.45) is 2.05. The maximum Gasteiger partial charge on any atom is 0.260 e. The Hall–Kier alpha value is -2.52. The lowest BCUT2D eigenvalue weighted by Crippen LogP contribution is -2.30. The van der Waals surface area contributed by atoms with Crippen LogP contribution in [0.5, 0.6) is 0 Å². The Bertz CT molecular complexity index is 884. The molecule has 0 N–H and O–H groups in total. The van der Waals surface area contributed by atoms with Crippen LogP contribution < -0.4 is 4.90 Å². The summed E-state index contributed by atoms with van der Waals surface area (Å²) in [6, 6.07) is 19.3. The Kier molecular flexibility index (Phi) is 3.43. The van der Waals surface area contributed by atoms with Crippen molar-refractivity contribution < 1.29 is 4.79 Å². The third-order valence-corrected chi connectivity index (χ3v) is 4.55. The first-order valence-corrected chi connectivity index (χ1v) is 7.90. The molecule has 0 saturated heterocycles. The first kappa shape index (κ1) is 14.1. The van der Waals surface area contributed by atoms with Gasteiger partial charge >= 0.3 is 0 Å². The van der Waals surface area contributed by atoms with Crippen LogP contribution in [0.3, 0.4) is 0 Å². The van der Waals surface area contributed by atoms with E-state index in [0.717, 1.165) is 23.5 Å². The van der Waals surface area contributed by atoms with Gasteiger partial charge in [-0.1, -0.05) is 41.9 Å². The van der Waals surface area contributed by atoms with Crippen molar-refractivity contribution in [1.29, 1.82) is 0 Å². The molecule has 0 fully saturated rings. The van der Waals surface area contributed by atoms with Crippen LogP contribution in [0.2, 0.25) is 5.02 Å². The number of nitrogens with zero attached hydrogens (tertiary/aromatic N) is 2. The number of benzene rings is 2. The number of anilines is 1. The second kappa shape index (κ2) is 5.60. The van der Waals surface area contributed by atoms with Crippen LogP contribution in [0.15, 0.2) is 66.9 Å². The fraction of sp³-hybridized carbons (Fsp3) is 0.105. The van der Waals surface area contributed by atoms with E-state index in [1.54, 1.807) is 12.1 Å². The third kappa shape index (κ3) is 2.43. The molecule has 0 bridgehead atoms. The molecule has 1 aliphatic heterocycles. The van der Waals surface area contributed by atoms with Crippen molar-refractivity contribution >= 4 is 23.2 Å². The lowest BCUT2D eigenvalue weighted by Gasteiger charge is -2.23. The molecular weight excluding hydrogens is 308 g/mol. The van der Waals surface area contributed by atoms with Crippen LogP contribution >= 0.6 is 11.6 Å². The number of amides is 1. The van der Waals surface area contributed by atoms with Gasteiger partial charge in [0.1, 0.15) is 0 Å². The first-order chi connectivity index (χ1) is 11.2. The van der Waals surface area contributed by atoms with Gasteiger partial charge in [-0.05, 0) is 35.9 Å². The van der Waals surface area contributed by atoms with Crippen molar-refractivity contribution in [2.24, 2.45) is 0 Å². The number of halogens is 1. The number of hydrogen-bond donors (Lipinski definition) is 0. The van der Waals surface area contributed by atoms with Crippen LogP contribution in [-0.2, 0) is 13.1 Å². The standard InChI is InChI=1S/C19H15ClN2O/c20-17-9-3-2-8-16(17)19(23)22-13-15-7-5-11-21(15)12-14-6-1-4-10-18(14)22/h1-11H,12-13H2. The van der Waals surface area contributed by atoms with E-state index in [9.17, 15) is 4.79 Å². The van der Waals surface area contributed by atoms with Gasteiger partial charge in [0.2, 0.25) is 0 Å². The second-order valence-electron chi connectivity index (χ2n) is 5.63. The average Bonchev–Trinajstić information content (AvgIpc) is 2.94. The van der Waals surface area contributed by atoms with Gasteiger partial charge in [-0.2, -0.15) is 0 Å². The monoisotopic (exact) mass is 322 g/mol. The van der Waals surface area contributed by atoms with E-state index in [1.807, 2.05) is 41.3 Å². The predicted octanol–water partition coefficient (Wildman–Crippen LogP) is 4.35. The molecule has 3 aromatic rings. The van der Waals surface area contributed by atoms with Crippen LogP contribution in [0.4, 0.5) is 5.69 Å². The van der Waals surface area contributed by atoms with Crippen molar-refractivity contribution in [2.75, 3.05) is 4.90 Å². The fourth-order valence-corrected chi connectivity index (χ4v) is 3.26. The van der Waals surface area contributed by atoms with Gasteiger partial charge in [-0.15, -0.1) is 0 Å². The van der Waals surface area contributed by atoms with E-state index in [1.165, 1.54) is 0 Å². The minimum absolute atomic E-state index is 0.0716. The highest BCUT2D eigenvalue weighted by Crippen LogP contribution is 2.30. The lowest BCUT2D eigenvalue weighted by atomic mass is 10.1. The zero-order chi connectivity index (χ0) is 15.8. The summed E-state index contributed by atoms with van der Waals surface area (Å²) < 4.78 is 2.18. The molecule has 0 atom stereocenters. The summed E-state index contributed by atoms with van der Waals surface area (Å²) in [7, 11) is 0. The van der Waals surface area contributed by atoms with Crippen molar-refractivity contribution in [3.63, 3.8) is 0 Å². The van der Waals surface area contributed by atoms with Gasteiger partial charge in [0.05, 0.1) is 17.1 Å². The molecule has 1 aromatic heterocycles. The summed E-state index contributed by atoms with van der Waals surface area (Å²) in [5, 5.41) is 0.481. The number of fused-ring (bicyclic) bond motifs is 2. The number of carbonyl (C=O) groups is 1. The molecule has 3 nitrogen and oxygen atoms in total. The molecule has 23 heavy (non-hydrogen) atoms. The summed E-state index contributed by atoms with van der Waals surface area (Å²) in [4.78, 5) is 14.9. The molecule has 4 rings (SSSR count). The summed E-state index contributed by atoms with van der Waals surface area (Å²) in [6.45, 7) is 1.30. The third-order valence-electron chi connectivity index (χ3n) is 4.22. The van der Waals surface area contributed by atoms with Crippen molar-refractivity contribution in [3.05, 3.63) is 88.7 Å². The van der Waals surface area contributed by atoms with Gasteiger partial charge in [0, 0.05) is 24.1 Å². The highest BCUT2D eigenvalue weighted by atomic mass is 35.5. The molecule has 0 radical (unpaired) electrons. The van der Waals surface area contributed by atoms with E-state index in [2.05, 4.69) is 22.9 Å². The average molecular weight is 323 g/mol. The topological polar surface area (TPSA) is 25.2 Å². The minimum atomic E-state index is -0.0716. The number of para-hydroxylation sites is 1. The zero-order valence-corrected chi connectivity index (χ0v) is 13.2. The van der Waals surface area contributed by atoms with E-state index < -0.39 is 0 Å². The molecule has 1 aliphatic rings. The minimum Gasteiger partial charge on any atom is -0.345 e. The molecule has 4 heteroatoms. The predicted molar refractivity (Wildman–Crippen MR) is 91.9 cm³/mol. The molecule has 0 aliphatic carbocycles. The SMILES string of the molecule is O=C(c1ccccc1Cl)N1Cc2cccn2Cc2ccccc21. The summed E-state index contributed by atoms with van der Waals surface area (Å²) in [5.41, 5.74) is 3.72. The molecule has 114 valence electrons. The second-order valence-corrected chi connectivity index (χ2v) is 6.03. The van der Waals surface area contributed by atoms with Gasteiger partial charge < -0.3 is 9.47 Å². The molecule has 1 amide bonds. The van der Waals surface area contributed by atoms with Crippen molar-refractivity contribution in [1.82, 2.24) is 4.57 Å². The van der Waals surface area contributed by atoms with E-state index in [0.29, 0.717) is 17.1 Å². The quantitative estimate of drug-likeness (QED) is 0.654. The van der Waals surface area contributed by atoms with E-state index in [-0.39, 0.29) is 5.91 Å². The Balaban J connectivity index is 1.84. The summed E-state index contributed by atoms with van der Waals surface area (Å²) in [5.74, 6) is -0.0716. The van der Waals surface area contributed by atoms with Gasteiger partial charge in [0.15, 0.2) is 0 Å². The summed E-state index contributed by atoms with van der Waals surface area (Å²) >= 11 is 6.23. The highest BCUT2D eigenvalue weighted by molar-refractivity contribution is 6.34. The molecule has 2 aromatic carbocycles.